The van der Waals surface area contributed by atoms with E-state index in [9.17, 15) is 14.9 Å². The quantitative estimate of drug-likeness (QED) is 0.500. The molecule has 2 fully saturated rings. The fourth-order valence-electron chi connectivity index (χ4n) is 2.35. The molecular weight excluding hydrogens is 212 g/mol. The summed E-state index contributed by atoms with van der Waals surface area (Å²) in [5.74, 6) is 0.0440. The first kappa shape index (κ1) is 11.2. The van der Waals surface area contributed by atoms with Gasteiger partial charge in [0.1, 0.15) is 11.6 Å². The van der Waals surface area contributed by atoms with Crippen molar-refractivity contribution in [1.82, 2.24) is 4.90 Å². The van der Waals surface area contributed by atoms with Crippen LogP contribution in [0.1, 0.15) is 27.2 Å². The average Bonchev–Trinajstić information content (AvgIpc) is 2.64. The standard InChI is InChI=1S/C10H16N2O4/c1-10(2,3)16-9(13)11-5-4-6-7(11)8(6)12(14)15/h6-8H,4-5H2,1-3H3. The van der Waals surface area contributed by atoms with Crippen molar-refractivity contribution in [2.75, 3.05) is 6.54 Å². The predicted molar refractivity (Wildman–Crippen MR) is 55.6 cm³/mol. The Balaban J connectivity index is 1.97. The first-order chi connectivity index (χ1) is 7.31. The maximum absolute atomic E-state index is 11.7. The van der Waals surface area contributed by atoms with Gasteiger partial charge in [-0.3, -0.25) is 15.0 Å². The number of carbonyl (C=O) groups is 1. The van der Waals surface area contributed by atoms with E-state index in [1.165, 1.54) is 4.90 Å². The minimum Gasteiger partial charge on any atom is -0.444 e. The molecule has 16 heavy (non-hydrogen) atoms. The van der Waals surface area contributed by atoms with Gasteiger partial charge in [0.05, 0.1) is 5.92 Å². The lowest BCUT2D eigenvalue weighted by Gasteiger charge is -2.25. The number of hydrogen-bond donors (Lipinski definition) is 0. The number of rotatable bonds is 1. The zero-order valence-corrected chi connectivity index (χ0v) is 9.67. The molecule has 0 N–H and O–H groups in total. The van der Waals surface area contributed by atoms with Crippen LogP contribution in [0, 0.1) is 16.0 Å². The number of likely N-dealkylation sites (tertiary alicyclic amines) is 1. The monoisotopic (exact) mass is 228 g/mol. The van der Waals surface area contributed by atoms with E-state index >= 15 is 0 Å². The Morgan fingerprint density at radius 3 is 2.56 bits per heavy atom. The van der Waals surface area contributed by atoms with E-state index in [4.69, 9.17) is 4.74 Å². The Labute approximate surface area is 93.7 Å². The van der Waals surface area contributed by atoms with Crippen LogP contribution in [0.2, 0.25) is 0 Å². The first-order valence-corrected chi connectivity index (χ1v) is 5.44. The second-order valence-electron chi connectivity index (χ2n) is 5.39. The summed E-state index contributed by atoms with van der Waals surface area (Å²) in [5, 5.41) is 10.7. The summed E-state index contributed by atoms with van der Waals surface area (Å²) in [4.78, 5) is 23.6. The normalized spacial score (nSPS) is 32.2. The van der Waals surface area contributed by atoms with Gasteiger partial charge in [0.2, 0.25) is 6.04 Å². The third-order valence-electron chi connectivity index (χ3n) is 3.02. The van der Waals surface area contributed by atoms with Gasteiger partial charge in [-0.15, -0.1) is 0 Å². The molecule has 0 aromatic carbocycles. The number of hydrogen-bond acceptors (Lipinski definition) is 4. The number of amides is 1. The SMILES string of the molecule is CC(C)(C)OC(=O)N1CCC2C1C2[N+](=O)[O-]. The molecule has 3 atom stereocenters. The topological polar surface area (TPSA) is 72.7 Å². The Hall–Kier alpha value is -1.33. The number of fused-ring (bicyclic) bond motifs is 1. The molecule has 90 valence electrons. The summed E-state index contributed by atoms with van der Waals surface area (Å²) in [7, 11) is 0. The smallest absolute Gasteiger partial charge is 0.410 e. The molecule has 1 saturated heterocycles. The molecule has 1 heterocycles. The van der Waals surface area contributed by atoms with E-state index in [1.807, 2.05) is 0 Å². The van der Waals surface area contributed by atoms with Gasteiger partial charge < -0.3 is 4.74 Å². The van der Waals surface area contributed by atoms with Crippen molar-refractivity contribution >= 4 is 6.09 Å². The summed E-state index contributed by atoms with van der Waals surface area (Å²) in [5.41, 5.74) is -0.547. The molecule has 3 unspecified atom stereocenters. The van der Waals surface area contributed by atoms with Crippen LogP contribution in [-0.2, 0) is 4.74 Å². The van der Waals surface area contributed by atoms with E-state index in [0.717, 1.165) is 6.42 Å². The van der Waals surface area contributed by atoms with Gasteiger partial charge in [0.25, 0.3) is 0 Å². The lowest BCUT2D eigenvalue weighted by molar-refractivity contribution is -0.502. The minimum atomic E-state index is -0.568. The van der Waals surface area contributed by atoms with Gasteiger partial charge in [0, 0.05) is 11.5 Å². The van der Waals surface area contributed by atoms with E-state index in [1.54, 1.807) is 20.8 Å². The summed E-state index contributed by atoms with van der Waals surface area (Å²) in [6.07, 6.45) is 0.291. The van der Waals surface area contributed by atoms with Crippen LogP contribution in [0.15, 0.2) is 0 Å². The van der Waals surface area contributed by atoms with Crippen LogP contribution in [0.5, 0.6) is 0 Å². The van der Waals surface area contributed by atoms with Crippen molar-refractivity contribution in [3.05, 3.63) is 10.1 Å². The summed E-state index contributed by atoms with van der Waals surface area (Å²) < 4.78 is 5.21. The van der Waals surface area contributed by atoms with Crippen molar-refractivity contribution in [2.45, 2.75) is 44.9 Å². The summed E-state index contributed by atoms with van der Waals surface area (Å²) in [6, 6.07) is -0.800. The zero-order chi connectivity index (χ0) is 12.1. The van der Waals surface area contributed by atoms with E-state index in [-0.39, 0.29) is 16.9 Å². The Morgan fingerprint density at radius 1 is 1.50 bits per heavy atom. The van der Waals surface area contributed by atoms with E-state index in [2.05, 4.69) is 0 Å². The molecule has 6 heteroatoms. The minimum absolute atomic E-state index is 0.0440. The number of nitro groups is 1. The molecule has 1 amide bonds. The highest BCUT2D eigenvalue weighted by Gasteiger charge is 2.68. The van der Waals surface area contributed by atoms with Crippen LogP contribution in [-0.4, -0.2) is 40.1 Å². The zero-order valence-electron chi connectivity index (χ0n) is 9.67. The molecule has 0 spiro atoms. The molecule has 1 saturated carbocycles. The van der Waals surface area contributed by atoms with Crippen molar-refractivity contribution in [1.29, 1.82) is 0 Å². The fourth-order valence-corrected chi connectivity index (χ4v) is 2.35. The van der Waals surface area contributed by atoms with E-state index < -0.39 is 17.7 Å². The van der Waals surface area contributed by atoms with E-state index in [0.29, 0.717) is 6.54 Å². The van der Waals surface area contributed by atoms with Crippen LogP contribution in [0.3, 0.4) is 0 Å². The molecule has 0 radical (unpaired) electrons. The van der Waals surface area contributed by atoms with Crippen molar-refractivity contribution in [3.63, 3.8) is 0 Å². The van der Waals surface area contributed by atoms with Crippen LogP contribution >= 0.6 is 0 Å². The van der Waals surface area contributed by atoms with Crippen LogP contribution in [0.4, 0.5) is 4.79 Å². The largest absolute Gasteiger partial charge is 0.444 e. The molecule has 0 bridgehead atoms. The van der Waals surface area contributed by atoms with Crippen LogP contribution in [0.25, 0.3) is 0 Å². The van der Waals surface area contributed by atoms with Gasteiger partial charge in [-0.05, 0) is 27.2 Å². The molecule has 1 aliphatic heterocycles. The molecule has 2 rings (SSSR count). The maximum atomic E-state index is 11.7. The lowest BCUT2D eigenvalue weighted by Crippen LogP contribution is -2.39. The summed E-state index contributed by atoms with van der Waals surface area (Å²) in [6.45, 7) is 5.94. The fraction of sp³-hybridized carbons (Fsp3) is 0.900. The second-order valence-corrected chi connectivity index (χ2v) is 5.39. The number of carbonyl (C=O) groups excluding carboxylic acids is 1. The van der Waals surface area contributed by atoms with Crippen molar-refractivity contribution < 1.29 is 14.5 Å². The average molecular weight is 228 g/mol. The lowest BCUT2D eigenvalue weighted by atomic mass is 10.2. The van der Waals surface area contributed by atoms with Gasteiger partial charge in [-0.2, -0.15) is 0 Å². The Morgan fingerprint density at radius 2 is 2.12 bits per heavy atom. The van der Waals surface area contributed by atoms with Gasteiger partial charge in [0.15, 0.2) is 0 Å². The first-order valence-electron chi connectivity index (χ1n) is 5.44. The third kappa shape index (κ3) is 1.83. The Kier molecular flexibility index (Phi) is 2.32. The predicted octanol–water partition coefficient (Wildman–Crippen LogP) is 1.27. The molecule has 1 aliphatic carbocycles. The third-order valence-corrected chi connectivity index (χ3v) is 3.02. The van der Waals surface area contributed by atoms with Gasteiger partial charge in [-0.25, -0.2) is 4.79 Å². The summed E-state index contributed by atoms with van der Waals surface area (Å²) >= 11 is 0. The molecule has 6 nitrogen and oxygen atoms in total. The van der Waals surface area contributed by atoms with Crippen molar-refractivity contribution in [2.24, 2.45) is 5.92 Å². The number of ether oxygens (including phenoxy) is 1. The van der Waals surface area contributed by atoms with Crippen LogP contribution < -0.4 is 0 Å². The van der Waals surface area contributed by atoms with Crippen molar-refractivity contribution in [3.8, 4) is 0 Å². The molecule has 0 aromatic heterocycles. The number of piperidine rings is 1. The number of nitrogens with zero attached hydrogens (tertiary/aromatic N) is 2. The highest BCUT2D eigenvalue weighted by atomic mass is 16.6. The Bertz CT molecular complexity index is 336. The van der Waals surface area contributed by atoms with Gasteiger partial charge in [-0.1, -0.05) is 0 Å². The highest BCUT2D eigenvalue weighted by Crippen LogP contribution is 2.46. The maximum Gasteiger partial charge on any atom is 0.410 e. The molecule has 0 aromatic rings. The molecule has 2 aliphatic rings. The highest BCUT2D eigenvalue weighted by molar-refractivity contribution is 5.70. The van der Waals surface area contributed by atoms with Gasteiger partial charge >= 0.3 is 6.09 Å². The second kappa shape index (κ2) is 3.33. The molecular formula is C10H16N2O4.